The molecule has 6 heteroatoms. The van der Waals surface area contributed by atoms with E-state index in [0.717, 1.165) is 32.4 Å². The maximum atomic E-state index is 12.2. The lowest BCUT2D eigenvalue weighted by Gasteiger charge is -2.39. The normalized spacial score (nSPS) is 16.9. The Labute approximate surface area is 149 Å². The van der Waals surface area contributed by atoms with Gasteiger partial charge in [-0.1, -0.05) is 39.5 Å². The standard InChI is InChI=1S/C18H38N2O3S/c1-16(2)13-20-14-18(15-20)24(21,22)19-11-9-7-5-6-8-10-12-23-17(3)4/h16-19H,5-15H2,1-4H3. The molecule has 0 aromatic heterocycles. The summed E-state index contributed by atoms with van der Waals surface area (Å²) in [6.45, 7) is 12.3. The number of rotatable bonds is 14. The number of nitrogens with one attached hydrogen (secondary N) is 1. The van der Waals surface area contributed by atoms with Crippen molar-refractivity contribution in [2.24, 2.45) is 5.92 Å². The first-order valence-electron chi connectivity index (χ1n) is 9.63. The van der Waals surface area contributed by atoms with E-state index in [-0.39, 0.29) is 5.25 Å². The van der Waals surface area contributed by atoms with Gasteiger partial charge in [0.05, 0.1) is 6.10 Å². The quantitative estimate of drug-likeness (QED) is 0.483. The van der Waals surface area contributed by atoms with Gasteiger partial charge < -0.3 is 9.64 Å². The summed E-state index contributed by atoms with van der Waals surface area (Å²) in [4.78, 5) is 2.22. The summed E-state index contributed by atoms with van der Waals surface area (Å²) in [6, 6.07) is 0. The summed E-state index contributed by atoms with van der Waals surface area (Å²) < 4.78 is 32.6. The lowest BCUT2D eigenvalue weighted by molar-refractivity contribution is 0.0757. The number of hydrogen-bond donors (Lipinski definition) is 1. The molecule has 1 aliphatic heterocycles. The van der Waals surface area contributed by atoms with Gasteiger partial charge in [-0.2, -0.15) is 0 Å². The minimum atomic E-state index is -3.11. The maximum Gasteiger partial charge on any atom is 0.217 e. The molecule has 1 rings (SSSR count). The number of unbranched alkanes of at least 4 members (excludes halogenated alkanes) is 5. The monoisotopic (exact) mass is 362 g/mol. The molecule has 1 N–H and O–H groups in total. The number of sulfonamides is 1. The molecule has 0 spiro atoms. The topological polar surface area (TPSA) is 58.6 Å². The highest BCUT2D eigenvalue weighted by atomic mass is 32.2. The fourth-order valence-corrected chi connectivity index (χ4v) is 4.45. The molecule has 0 bridgehead atoms. The Morgan fingerprint density at radius 1 is 1.00 bits per heavy atom. The van der Waals surface area contributed by atoms with Gasteiger partial charge >= 0.3 is 0 Å². The molecule has 1 saturated heterocycles. The third-order valence-electron chi connectivity index (χ3n) is 4.31. The van der Waals surface area contributed by atoms with E-state index < -0.39 is 10.0 Å². The highest BCUT2D eigenvalue weighted by Crippen LogP contribution is 2.17. The van der Waals surface area contributed by atoms with Crippen LogP contribution in [0.1, 0.15) is 66.2 Å². The summed E-state index contributed by atoms with van der Waals surface area (Å²) >= 11 is 0. The van der Waals surface area contributed by atoms with Crippen LogP contribution < -0.4 is 4.72 Å². The molecular weight excluding hydrogens is 324 g/mol. The molecule has 0 unspecified atom stereocenters. The predicted octanol–water partition coefficient (Wildman–Crippen LogP) is 3.01. The van der Waals surface area contributed by atoms with Gasteiger partial charge in [0.15, 0.2) is 0 Å². The van der Waals surface area contributed by atoms with Gasteiger partial charge in [-0.05, 0) is 32.6 Å². The Kier molecular flexibility index (Phi) is 10.4. The lowest BCUT2D eigenvalue weighted by Crippen LogP contribution is -2.58. The smallest absolute Gasteiger partial charge is 0.217 e. The summed E-state index contributed by atoms with van der Waals surface area (Å²) in [5, 5.41) is -0.211. The van der Waals surface area contributed by atoms with Crippen molar-refractivity contribution in [3.8, 4) is 0 Å². The Balaban J connectivity index is 1.95. The van der Waals surface area contributed by atoms with E-state index in [1.807, 2.05) is 0 Å². The average Bonchev–Trinajstić information content (AvgIpc) is 2.43. The van der Waals surface area contributed by atoms with Crippen LogP contribution in [0.15, 0.2) is 0 Å². The second-order valence-corrected chi connectivity index (χ2v) is 9.76. The van der Waals surface area contributed by atoms with E-state index >= 15 is 0 Å². The summed E-state index contributed by atoms with van der Waals surface area (Å²) in [6.07, 6.45) is 7.06. The zero-order valence-corrected chi connectivity index (χ0v) is 16.9. The van der Waals surface area contributed by atoms with Crippen LogP contribution in [0, 0.1) is 5.92 Å². The molecule has 144 valence electrons. The van der Waals surface area contributed by atoms with Gasteiger partial charge in [0.25, 0.3) is 0 Å². The van der Waals surface area contributed by atoms with Gasteiger partial charge in [-0.15, -0.1) is 0 Å². The average molecular weight is 363 g/mol. The Hall–Kier alpha value is -0.170. The van der Waals surface area contributed by atoms with Crippen LogP contribution in [0.3, 0.4) is 0 Å². The fraction of sp³-hybridized carbons (Fsp3) is 1.00. The lowest BCUT2D eigenvalue weighted by atomic mass is 10.1. The van der Waals surface area contributed by atoms with E-state index in [9.17, 15) is 8.42 Å². The largest absolute Gasteiger partial charge is 0.379 e. The molecule has 0 amide bonds. The SMILES string of the molecule is CC(C)CN1CC(S(=O)(=O)NCCCCCCCCOC(C)C)C1. The predicted molar refractivity (Wildman–Crippen MR) is 101 cm³/mol. The first kappa shape index (κ1) is 21.9. The van der Waals surface area contributed by atoms with E-state index in [0.29, 0.717) is 31.7 Å². The number of likely N-dealkylation sites (tertiary alicyclic amines) is 1. The van der Waals surface area contributed by atoms with Gasteiger partial charge in [-0.25, -0.2) is 13.1 Å². The van der Waals surface area contributed by atoms with Gasteiger partial charge in [0.1, 0.15) is 5.25 Å². The molecule has 5 nitrogen and oxygen atoms in total. The molecule has 1 heterocycles. The Bertz CT molecular complexity index is 418. The summed E-state index contributed by atoms with van der Waals surface area (Å²) in [7, 11) is -3.11. The van der Waals surface area contributed by atoms with E-state index in [1.165, 1.54) is 19.3 Å². The molecule has 0 radical (unpaired) electrons. The highest BCUT2D eigenvalue weighted by molar-refractivity contribution is 7.90. The van der Waals surface area contributed by atoms with Crippen molar-refractivity contribution in [1.82, 2.24) is 9.62 Å². The van der Waals surface area contributed by atoms with Crippen LogP contribution >= 0.6 is 0 Å². The van der Waals surface area contributed by atoms with Crippen LogP contribution in [0.25, 0.3) is 0 Å². The van der Waals surface area contributed by atoms with Crippen molar-refractivity contribution < 1.29 is 13.2 Å². The van der Waals surface area contributed by atoms with Crippen LogP contribution in [-0.2, 0) is 14.8 Å². The Morgan fingerprint density at radius 2 is 1.58 bits per heavy atom. The first-order valence-corrected chi connectivity index (χ1v) is 11.2. The minimum Gasteiger partial charge on any atom is -0.379 e. The van der Waals surface area contributed by atoms with Crippen LogP contribution in [-0.4, -0.2) is 57.5 Å². The minimum absolute atomic E-state index is 0.211. The molecule has 0 atom stereocenters. The van der Waals surface area contributed by atoms with Crippen molar-refractivity contribution in [2.75, 3.05) is 32.8 Å². The van der Waals surface area contributed by atoms with Crippen LogP contribution in [0.4, 0.5) is 0 Å². The van der Waals surface area contributed by atoms with E-state index in [2.05, 4.69) is 37.3 Å². The summed E-state index contributed by atoms with van der Waals surface area (Å²) in [5.41, 5.74) is 0. The van der Waals surface area contributed by atoms with E-state index in [1.54, 1.807) is 0 Å². The van der Waals surface area contributed by atoms with Gasteiger partial charge in [-0.3, -0.25) is 0 Å². The number of hydrogen-bond acceptors (Lipinski definition) is 4. The molecule has 0 aromatic rings. The van der Waals surface area contributed by atoms with Crippen molar-refractivity contribution >= 4 is 10.0 Å². The zero-order valence-electron chi connectivity index (χ0n) is 16.1. The summed E-state index contributed by atoms with van der Waals surface area (Å²) in [5.74, 6) is 0.596. The van der Waals surface area contributed by atoms with Crippen molar-refractivity contribution in [1.29, 1.82) is 0 Å². The van der Waals surface area contributed by atoms with Crippen molar-refractivity contribution in [2.45, 2.75) is 77.6 Å². The maximum absolute atomic E-state index is 12.2. The molecular formula is C18H38N2O3S. The van der Waals surface area contributed by atoms with Gasteiger partial charge in [0.2, 0.25) is 10.0 Å². The highest BCUT2D eigenvalue weighted by Gasteiger charge is 2.36. The molecule has 1 aliphatic rings. The third-order valence-corrected chi connectivity index (χ3v) is 6.09. The molecule has 0 aromatic carbocycles. The fourth-order valence-electron chi connectivity index (χ4n) is 2.97. The molecule has 1 fully saturated rings. The molecule has 0 saturated carbocycles. The molecule has 24 heavy (non-hydrogen) atoms. The second kappa shape index (κ2) is 11.4. The zero-order chi connectivity index (χ0) is 18.0. The van der Waals surface area contributed by atoms with E-state index in [4.69, 9.17) is 4.74 Å². The number of nitrogens with zero attached hydrogens (tertiary/aromatic N) is 1. The van der Waals surface area contributed by atoms with Crippen molar-refractivity contribution in [3.05, 3.63) is 0 Å². The Morgan fingerprint density at radius 3 is 2.17 bits per heavy atom. The van der Waals surface area contributed by atoms with Gasteiger partial charge in [0, 0.05) is 32.8 Å². The van der Waals surface area contributed by atoms with Crippen molar-refractivity contribution in [3.63, 3.8) is 0 Å². The molecule has 0 aliphatic carbocycles. The van der Waals surface area contributed by atoms with Crippen LogP contribution in [0.5, 0.6) is 0 Å². The second-order valence-electron chi connectivity index (χ2n) is 7.71. The first-order chi connectivity index (χ1) is 11.3. The third kappa shape index (κ3) is 9.35. The number of ether oxygens (including phenoxy) is 1. The van der Waals surface area contributed by atoms with Crippen LogP contribution in [0.2, 0.25) is 0 Å².